The number of allylic oxidation sites excluding steroid dienone is 4. The van der Waals surface area contributed by atoms with Gasteiger partial charge in [0.1, 0.15) is 25.4 Å². The first-order valence-electron chi connectivity index (χ1n) is 20.3. The molecule has 11 nitrogen and oxygen atoms in total. The van der Waals surface area contributed by atoms with E-state index in [0.29, 0.717) is 24.1 Å². The van der Waals surface area contributed by atoms with E-state index in [2.05, 4.69) is 10.3 Å². The van der Waals surface area contributed by atoms with Gasteiger partial charge in [-0.25, -0.2) is 8.78 Å². The van der Waals surface area contributed by atoms with Crippen LogP contribution in [0.5, 0.6) is 0 Å². The Kier molecular flexibility index (Phi) is 10.4. The number of alkyl halides is 2. The van der Waals surface area contributed by atoms with E-state index < -0.39 is 88.7 Å². The molecule has 0 spiro atoms. The molecule has 4 saturated carbocycles. The highest BCUT2D eigenvalue weighted by Gasteiger charge is 2.72. The van der Waals surface area contributed by atoms with Crippen molar-refractivity contribution >= 4 is 45.9 Å². The van der Waals surface area contributed by atoms with E-state index >= 15 is 8.78 Å². The predicted octanol–water partition coefficient (Wildman–Crippen LogP) is 6.20. The van der Waals surface area contributed by atoms with E-state index in [9.17, 15) is 29.1 Å². The molecular formula is C46H49F2N3O8. The van der Waals surface area contributed by atoms with Gasteiger partial charge in [-0.1, -0.05) is 43.3 Å². The lowest BCUT2D eigenvalue weighted by molar-refractivity contribution is -0.202. The van der Waals surface area contributed by atoms with Gasteiger partial charge in [0.05, 0.1) is 17.9 Å². The molecule has 11 atom stereocenters. The van der Waals surface area contributed by atoms with Gasteiger partial charge in [-0.05, 0) is 117 Å². The molecule has 310 valence electrons. The van der Waals surface area contributed by atoms with E-state index in [1.165, 1.54) is 12.2 Å². The number of halogens is 2. The summed E-state index contributed by atoms with van der Waals surface area (Å²) in [6, 6.07) is 14.1. The minimum atomic E-state index is -2.22. The molecule has 0 radical (unpaired) electrons. The normalized spacial score (nSPS) is 33.6. The molecule has 59 heavy (non-hydrogen) atoms. The van der Waals surface area contributed by atoms with Crippen molar-refractivity contribution in [3.8, 4) is 0 Å². The van der Waals surface area contributed by atoms with Crippen LogP contribution in [-0.4, -0.2) is 83.0 Å². The van der Waals surface area contributed by atoms with E-state index in [1.807, 2.05) is 45.3 Å². The van der Waals surface area contributed by atoms with Crippen molar-refractivity contribution in [3.63, 3.8) is 0 Å². The molecule has 8 rings (SSSR count). The van der Waals surface area contributed by atoms with Crippen molar-refractivity contribution < 1.29 is 47.3 Å². The van der Waals surface area contributed by atoms with Gasteiger partial charge >= 0.3 is 11.9 Å². The molecule has 5 aliphatic carbocycles. The summed E-state index contributed by atoms with van der Waals surface area (Å²) in [6.07, 6.45) is 4.99. The number of carbonyl (C=O) groups is 5. The number of pyridine rings is 1. The Morgan fingerprint density at radius 1 is 0.966 bits per heavy atom. The maximum absolute atomic E-state index is 17.3. The fraction of sp³-hybridized carbons (Fsp3) is 0.478. The van der Waals surface area contributed by atoms with Crippen LogP contribution in [-0.2, 0) is 40.1 Å². The number of aliphatic hydroxyl groups excluding tert-OH is 1. The van der Waals surface area contributed by atoms with Crippen LogP contribution in [0, 0.1) is 40.4 Å². The zero-order valence-electron chi connectivity index (χ0n) is 33.5. The summed E-state index contributed by atoms with van der Waals surface area (Å²) in [5.41, 5.74) is -2.42. The maximum atomic E-state index is 17.3. The number of amides is 1. The smallest absolute Gasteiger partial charge is 0.310 e. The lowest BCUT2D eigenvalue weighted by Crippen LogP contribution is -2.68. The number of esters is 2. The van der Waals surface area contributed by atoms with Crippen LogP contribution in [0.1, 0.15) is 63.1 Å². The molecule has 2 aromatic carbocycles. The molecule has 0 aliphatic heterocycles. The quantitative estimate of drug-likeness (QED) is 0.214. The van der Waals surface area contributed by atoms with E-state index in [-0.39, 0.29) is 43.1 Å². The first-order chi connectivity index (χ1) is 28.0. The molecule has 0 saturated heterocycles. The number of hydrogen-bond acceptors (Lipinski definition) is 10. The Labute approximate surface area is 341 Å². The molecule has 0 bridgehead atoms. The number of ether oxygens (including phenoxy) is 2. The number of nitrogens with one attached hydrogen (secondary N) is 1. The lowest BCUT2D eigenvalue weighted by Gasteiger charge is -2.62. The van der Waals surface area contributed by atoms with Crippen molar-refractivity contribution in [1.82, 2.24) is 9.88 Å². The number of ketones is 2. The van der Waals surface area contributed by atoms with Gasteiger partial charge in [0, 0.05) is 40.7 Å². The number of benzene rings is 2. The first kappa shape index (κ1) is 40.6. The summed E-state index contributed by atoms with van der Waals surface area (Å²) >= 11 is 0. The molecule has 1 heterocycles. The van der Waals surface area contributed by atoms with Crippen LogP contribution >= 0.6 is 0 Å². The molecular weight excluding hydrogens is 761 g/mol. The minimum absolute atomic E-state index is 0.0358. The average Bonchev–Trinajstić information content (AvgIpc) is 3.94. The number of hydrogen-bond donors (Lipinski definition) is 2. The Morgan fingerprint density at radius 3 is 2.42 bits per heavy atom. The van der Waals surface area contributed by atoms with Gasteiger partial charge < -0.3 is 19.9 Å². The lowest BCUT2D eigenvalue weighted by atomic mass is 9.45. The standard InChI is InChI=1S/C46H49F2N3O8/c1-44-21-39(54)46(48)35(20-37(47)36-18-30(52)13-15-45(36,46)2)33(44)11-12-34(44)38(53)24-59-43(57)32-19-31(32)42(56)58-23-25-5-7-26(8-6-25)40(51(3)4)41(55)50-29-10-9-28-22-49-16-14-27(28)17-29/h5-10,13-18,22,31-35,37,39-40,54H,11-12,19-21,23-24H2,1-4H3,(H,50,55)/t31?,32?,33?,34-,35+,37+,39+,40?,44+,45+,46+/m1/s1. The van der Waals surface area contributed by atoms with Crippen LogP contribution in [0.25, 0.3) is 10.8 Å². The molecule has 3 aromatic rings. The van der Waals surface area contributed by atoms with Crippen molar-refractivity contribution in [2.45, 2.75) is 76.5 Å². The van der Waals surface area contributed by atoms with Crippen LogP contribution in [0.3, 0.4) is 0 Å². The SMILES string of the molecule is CN(C)C(C(=O)Nc1ccc2cnccc2c1)c1ccc(COC(=O)C2CC2C(=O)OCC(=O)[C@H]2CCC3[C@@H]4C[C@H](F)C5=CC(=O)C=C[C@]5(C)[C@@]4(F)[C@@H](O)C[C@@]32C)cc1. The van der Waals surface area contributed by atoms with E-state index in [0.717, 1.165) is 22.4 Å². The second-order valence-corrected chi connectivity index (χ2v) is 17.7. The second-order valence-electron chi connectivity index (χ2n) is 17.7. The fourth-order valence-corrected chi connectivity index (χ4v) is 10.9. The van der Waals surface area contributed by atoms with Crippen LogP contribution < -0.4 is 5.32 Å². The average molecular weight is 810 g/mol. The van der Waals surface area contributed by atoms with Gasteiger partial charge in [-0.3, -0.25) is 33.9 Å². The third-order valence-electron chi connectivity index (χ3n) is 14.1. The number of fused-ring (bicyclic) bond motifs is 6. The second kappa shape index (κ2) is 15.2. The van der Waals surface area contributed by atoms with Crippen LogP contribution in [0.4, 0.5) is 14.5 Å². The van der Waals surface area contributed by atoms with Crippen LogP contribution in [0.2, 0.25) is 0 Å². The van der Waals surface area contributed by atoms with E-state index in [4.69, 9.17) is 9.47 Å². The fourth-order valence-electron chi connectivity index (χ4n) is 10.9. The number of aromatic nitrogens is 1. The van der Waals surface area contributed by atoms with Gasteiger partial charge in [-0.15, -0.1) is 0 Å². The number of nitrogens with zero attached hydrogens (tertiary/aromatic N) is 2. The monoisotopic (exact) mass is 809 g/mol. The van der Waals surface area contributed by atoms with Crippen molar-refractivity contribution in [2.24, 2.45) is 40.4 Å². The Bertz CT molecular complexity index is 2280. The Morgan fingerprint density at radius 2 is 1.69 bits per heavy atom. The Balaban J connectivity index is 0.822. The minimum Gasteiger partial charge on any atom is -0.461 e. The molecule has 4 unspecified atom stereocenters. The summed E-state index contributed by atoms with van der Waals surface area (Å²) in [7, 11) is 3.63. The summed E-state index contributed by atoms with van der Waals surface area (Å²) < 4.78 is 43.9. The number of aliphatic hydroxyl groups is 1. The van der Waals surface area contributed by atoms with Gasteiger partial charge in [0.2, 0.25) is 5.91 Å². The topological polar surface area (TPSA) is 152 Å². The zero-order chi connectivity index (χ0) is 42.0. The van der Waals surface area contributed by atoms with Crippen LogP contribution in [0.15, 0.2) is 84.7 Å². The van der Waals surface area contributed by atoms with Gasteiger partial charge in [-0.2, -0.15) is 0 Å². The van der Waals surface area contributed by atoms with Crippen molar-refractivity contribution in [3.05, 3.63) is 95.9 Å². The summed E-state index contributed by atoms with van der Waals surface area (Å²) in [6.45, 7) is 2.82. The largest absolute Gasteiger partial charge is 0.461 e. The highest BCUT2D eigenvalue weighted by molar-refractivity contribution is 6.01. The predicted molar refractivity (Wildman–Crippen MR) is 213 cm³/mol. The summed E-state index contributed by atoms with van der Waals surface area (Å²) in [5, 5.41) is 16.4. The summed E-state index contributed by atoms with van der Waals surface area (Å²) in [4.78, 5) is 70.9. The molecule has 5 aliphatic rings. The van der Waals surface area contributed by atoms with Crippen molar-refractivity contribution in [1.29, 1.82) is 0 Å². The highest BCUT2D eigenvalue weighted by Crippen LogP contribution is 2.69. The van der Waals surface area contributed by atoms with Gasteiger partial charge in [0.25, 0.3) is 0 Å². The number of rotatable bonds is 11. The number of Topliss-reactive ketones (excluding diaryl/α,β-unsaturated/α-hetero) is 1. The summed E-state index contributed by atoms with van der Waals surface area (Å²) in [5.74, 6) is -5.58. The third-order valence-corrected chi connectivity index (χ3v) is 14.1. The molecule has 13 heteroatoms. The number of anilines is 1. The number of likely N-dealkylation sites (N-methyl/N-ethyl adjacent to an activating group) is 1. The third kappa shape index (κ3) is 6.99. The highest BCUT2D eigenvalue weighted by atomic mass is 19.1. The molecule has 1 aromatic heterocycles. The first-order valence-corrected chi connectivity index (χ1v) is 20.3. The molecule has 4 fully saturated rings. The zero-order valence-corrected chi connectivity index (χ0v) is 33.5. The Hall–Kier alpha value is -5.14. The van der Waals surface area contributed by atoms with Gasteiger partial charge in [0.15, 0.2) is 17.2 Å². The number of carbonyl (C=O) groups excluding carboxylic acids is 5. The molecule has 2 N–H and O–H groups in total. The molecule has 1 amide bonds. The van der Waals surface area contributed by atoms with Crippen molar-refractivity contribution in [2.75, 3.05) is 26.0 Å². The van der Waals surface area contributed by atoms with E-state index in [1.54, 1.807) is 48.5 Å². The maximum Gasteiger partial charge on any atom is 0.310 e.